The average molecular weight is 280 g/mol. The molecule has 6 nitrogen and oxygen atoms in total. The fourth-order valence-electron chi connectivity index (χ4n) is 2.62. The molecule has 2 heterocycles. The lowest BCUT2D eigenvalue weighted by Crippen LogP contribution is -2.38. The van der Waals surface area contributed by atoms with Gasteiger partial charge in [0.15, 0.2) is 5.82 Å². The van der Waals surface area contributed by atoms with Crippen LogP contribution in [-0.4, -0.2) is 43.3 Å². The van der Waals surface area contributed by atoms with Crippen LogP contribution in [0.5, 0.6) is 5.75 Å². The van der Waals surface area contributed by atoms with E-state index in [1.807, 2.05) is 0 Å². The molecule has 0 atom stereocenters. The quantitative estimate of drug-likeness (QED) is 0.761. The second kappa shape index (κ2) is 7.28. The molecule has 6 heteroatoms. The van der Waals surface area contributed by atoms with Crippen LogP contribution in [0.4, 0.5) is 5.82 Å². The molecule has 0 saturated carbocycles. The number of piperidine rings is 1. The Morgan fingerprint density at radius 1 is 1.50 bits per heavy atom. The number of hydrogen-bond donors (Lipinski definition) is 2. The maximum Gasteiger partial charge on any atom is 0.295 e. The summed E-state index contributed by atoms with van der Waals surface area (Å²) in [6, 6.07) is 0. The molecule has 1 saturated heterocycles. The van der Waals surface area contributed by atoms with E-state index in [1.54, 1.807) is 0 Å². The van der Waals surface area contributed by atoms with E-state index in [-0.39, 0.29) is 5.56 Å². The highest BCUT2D eigenvalue weighted by Gasteiger charge is 2.23. The molecule has 2 N–H and O–H groups in total. The summed E-state index contributed by atoms with van der Waals surface area (Å²) in [6.45, 7) is 6.20. The van der Waals surface area contributed by atoms with Gasteiger partial charge in [0.1, 0.15) is 0 Å². The van der Waals surface area contributed by atoms with E-state index in [9.17, 15) is 4.79 Å². The minimum atomic E-state index is -0.218. The van der Waals surface area contributed by atoms with Gasteiger partial charge in [-0.3, -0.25) is 4.79 Å². The topological polar surface area (TPSA) is 70.2 Å². The summed E-state index contributed by atoms with van der Waals surface area (Å²) in [6.07, 6.45) is 4.85. The Morgan fingerprint density at radius 3 is 2.90 bits per heavy atom. The van der Waals surface area contributed by atoms with Gasteiger partial charge >= 0.3 is 0 Å². The summed E-state index contributed by atoms with van der Waals surface area (Å²) in [7, 11) is 1.51. The van der Waals surface area contributed by atoms with E-state index in [2.05, 4.69) is 27.1 Å². The van der Waals surface area contributed by atoms with Gasteiger partial charge in [0.05, 0.1) is 13.4 Å². The third-order valence-electron chi connectivity index (χ3n) is 3.77. The molecular weight excluding hydrogens is 256 g/mol. The molecule has 0 aromatic carbocycles. The molecule has 0 unspecified atom stereocenters. The summed E-state index contributed by atoms with van der Waals surface area (Å²) in [5, 5.41) is 3.48. The van der Waals surface area contributed by atoms with Crippen molar-refractivity contribution in [1.29, 1.82) is 0 Å². The first-order chi connectivity index (χ1) is 9.76. The number of ether oxygens (including phenoxy) is 1. The van der Waals surface area contributed by atoms with Crippen molar-refractivity contribution in [2.24, 2.45) is 5.92 Å². The molecule has 112 valence electrons. The molecule has 0 amide bonds. The van der Waals surface area contributed by atoms with Gasteiger partial charge in [0.2, 0.25) is 5.75 Å². The lowest BCUT2D eigenvalue weighted by molar-refractivity contribution is 0.372. The van der Waals surface area contributed by atoms with Crippen LogP contribution in [0.1, 0.15) is 26.2 Å². The number of anilines is 1. The Balaban J connectivity index is 1.94. The van der Waals surface area contributed by atoms with E-state index in [0.717, 1.165) is 39.0 Å². The maximum atomic E-state index is 11.7. The van der Waals surface area contributed by atoms with Crippen molar-refractivity contribution in [2.45, 2.75) is 26.2 Å². The zero-order valence-electron chi connectivity index (χ0n) is 12.3. The molecule has 0 bridgehead atoms. The van der Waals surface area contributed by atoms with Crippen LogP contribution in [0.25, 0.3) is 0 Å². The van der Waals surface area contributed by atoms with E-state index in [1.165, 1.54) is 19.9 Å². The van der Waals surface area contributed by atoms with Crippen molar-refractivity contribution in [1.82, 2.24) is 15.3 Å². The van der Waals surface area contributed by atoms with Crippen LogP contribution >= 0.6 is 0 Å². The molecule has 2 rings (SSSR count). The molecule has 0 radical (unpaired) electrons. The van der Waals surface area contributed by atoms with Crippen molar-refractivity contribution in [2.75, 3.05) is 38.2 Å². The second-order valence-corrected chi connectivity index (χ2v) is 5.22. The number of methoxy groups -OCH3 is 1. The Bertz CT molecular complexity index is 466. The third-order valence-corrected chi connectivity index (χ3v) is 3.77. The highest BCUT2D eigenvalue weighted by Crippen LogP contribution is 2.26. The lowest BCUT2D eigenvalue weighted by atomic mass is 9.97. The number of hydrogen-bond acceptors (Lipinski definition) is 5. The monoisotopic (exact) mass is 280 g/mol. The number of H-pyrrole nitrogens is 1. The van der Waals surface area contributed by atoms with E-state index < -0.39 is 0 Å². The normalized spacial score (nSPS) is 16.4. The highest BCUT2D eigenvalue weighted by molar-refractivity contribution is 5.50. The molecular formula is C14H24N4O2. The summed E-state index contributed by atoms with van der Waals surface area (Å²) in [5.41, 5.74) is -0.218. The number of aromatic nitrogens is 2. The first-order valence-electron chi connectivity index (χ1n) is 7.33. The van der Waals surface area contributed by atoms with Gasteiger partial charge in [0, 0.05) is 13.1 Å². The SMILES string of the molecule is CCCNCC1CCN(c2nc[nH]c(=O)c2OC)CC1. The van der Waals surface area contributed by atoms with Crippen LogP contribution in [0.15, 0.2) is 11.1 Å². The first kappa shape index (κ1) is 14.8. The number of rotatable bonds is 6. The van der Waals surface area contributed by atoms with Gasteiger partial charge in [-0.05, 0) is 38.3 Å². The van der Waals surface area contributed by atoms with Crippen LogP contribution < -0.4 is 20.5 Å². The Morgan fingerprint density at radius 2 is 2.25 bits per heavy atom. The van der Waals surface area contributed by atoms with Crippen LogP contribution in [0.3, 0.4) is 0 Å². The standard InChI is InChI=1S/C14H24N4O2/c1-3-6-15-9-11-4-7-18(8-5-11)13-12(20-2)14(19)17-10-16-13/h10-11,15H,3-9H2,1-2H3,(H,16,17,19). The molecule has 20 heavy (non-hydrogen) atoms. The largest absolute Gasteiger partial charge is 0.489 e. The minimum absolute atomic E-state index is 0.218. The van der Waals surface area contributed by atoms with Crippen LogP contribution in [0.2, 0.25) is 0 Å². The Labute approximate surface area is 119 Å². The van der Waals surface area contributed by atoms with E-state index in [0.29, 0.717) is 17.5 Å². The maximum absolute atomic E-state index is 11.7. The smallest absolute Gasteiger partial charge is 0.295 e. The molecule has 0 spiro atoms. The minimum Gasteiger partial charge on any atom is -0.489 e. The van der Waals surface area contributed by atoms with Gasteiger partial charge in [-0.1, -0.05) is 6.92 Å². The number of nitrogens with one attached hydrogen (secondary N) is 2. The van der Waals surface area contributed by atoms with Crippen molar-refractivity contribution in [3.05, 3.63) is 16.7 Å². The summed E-state index contributed by atoms with van der Waals surface area (Å²) in [4.78, 5) is 20.6. The Hall–Kier alpha value is -1.56. The lowest BCUT2D eigenvalue weighted by Gasteiger charge is -2.33. The van der Waals surface area contributed by atoms with E-state index in [4.69, 9.17) is 4.74 Å². The van der Waals surface area contributed by atoms with Gasteiger partial charge in [-0.15, -0.1) is 0 Å². The second-order valence-electron chi connectivity index (χ2n) is 5.22. The molecule has 1 aromatic heterocycles. The highest BCUT2D eigenvalue weighted by atomic mass is 16.5. The predicted molar refractivity (Wildman–Crippen MR) is 79.5 cm³/mol. The first-order valence-corrected chi connectivity index (χ1v) is 7.33. The summed E-state index contributed by atoms with van der Waals surface area (Å²) in [5.74, 6) is 1.69. The van der Waals surface area contributed by atoms with Crippen molar-refractivity contribution in [3.8, 4) is 5.75 Å². The molecule has 0 aliphatic carbocycles. The van der Waals surface area contributed by atoms with Gasteiger partial charge in [-0.2, -0.15) is 0 Å². The van der Waals surface area contributed by atoms with Gasteiger partial charge < -0.3 is 19.9 Å². The van der Waals surface area contributed by atoms with Crippen molar-refractivity contribution >= 4 is 5.82 Å². The van der Waals surface area contributed by atoms with Crippen LogP contribution in [-0.2, 0) is 0 Å². The number of nitrogens with zero attached hydrogens (tertiary/aromatic N) is 2. The summed E-state index contributed by atoms with van der Waals surface area (Å²) >= 11 is 0. The fraction of sp³-hybridized carbons (Fsp3) is 0.714. The van der Waals surface area contributed by atoms with E-state index >= 15 is 0 Å². The number of aromatic amines is 1. The molecule has 1 aliphatic heterocycles. The molecule has 1 aromatic rings. The van der Waals surface area contributed by atoms with Crippen molar-refractivity contribution in [3.63, 3.8) is 0 Å². The zero-order chi connectivity index (χ0) is 14.4. The third kappa shape index (κ3) is 3.50. The predicted octanol–water partition coefficient (Wildman–Crippen LogP) is 0.994. The average Bonchev–Trinajstić information content (AvgIpc) is 2.48. The van der Waals surface area contributed by atoms with Crippen LogP contribution in [0, 0.1) is 5.92 Å². The van der Waals surface area contributed by atoms with Gasteiger partial charge in [0.25, 0.3) is 5.56 Å². The molecule has 1 aliphatic rings. The zero-order valence-corrected chi connectivity index (χ0v) is 12.3. The fourth-order valence-corrected chi connectivity index (χ4v) is 2.62. The molecule has 1 fully saturated rings. The summed E-state index contributed by atoms with van der Waals surface area (Å²) < 4.78 is 5.18. The van der Waals surface area contributed by atoms with Crippen molar-refractivity contribution < 1.29 is 4.74 Å². The Kier molecular flexibility index (Phi) is 5.40. The van der Waals surface area contributed by atoms with Gasteiger partial charge in [-0.25, -0.2) is 4.98 Å².